The minimum absolute atomic E-state index is 0.00262. The molecule has 0 saturated heterocycles. The number of ether oxygens (including phenoxy) is 3. The van der Waals surface area contributed by atoms with Gasteiger partial charge in [0, 0.05) is 11.1 Å². The van der Waals surface area contributed by atoms with E-state index in [1.54, 1.807) is 6.92 Å². The predicted molar refractivity (Wildman–Crippen MR) is 102 cm³/mol. The van der Waals surface area contributed by atoms with Gasteiger partial charge in [-0.05, 0) is 26.2 Å². The average molecular weight is 380 g/mol. The van der Waals surface area contributed by atoms with E-state index in [2.05, 4.69) is 0 Å². The quantitative estimate of drug-likeness (QED) is 0.290. The van der Waals surface area contributed by atoms with Crippen molar-refractivity contribution < 1.29 is 28.6 Å². The lowest BCUT2D eigenvalue weighted by Crippen LogP contribution is -2.25. The second kappa shape index (κ2) is 11.6. The molecule has 6 heteroatoms. The summed E-state index contributed by atoms with van der Waals surface area (Å²) in [5, 5.41) is 0. The van der Waals surface area contributed by atoms with E-state index in [1.165, 1.54) is 21.3 Å². The highest BCUT2D eigenvalue weighted by molar-refractivity contribution is 6.23. The van der Waals surface area contributed by atoms with Gasteiger partial charge in [-0.3, -0.25) is 14.4 Å². The summed E-state index contributed by atoms with van der Waals surface area (Å²) in [5.74, 6) is -0.717. The molecular formula is C21H32O6. The van der Waals surface area contributed by atoms with Crippen LogP contribution >= 0.6 is 0 Å². The molecule has 0 spiro atoms. The van der Waals surface area contributed by atoms with Gasteiger partial charge in [-0.2, -0.15) is 0 Å². The lowest BCUT2D eigenvalue weighted by Gasteiger charge is -2.20. The van der Waals surface area contributed by atoms with Crippen molar-refractivity contribution in [1.82, 2.24) is 0 Å². The highest BCUT2D eigenvalue weighted by Crippen LogP contribution is 2.28. The van der Waals surface area contributed by atoms with E-state index in [9.17, 15) is 14.4 Å². The molecule has 152 valence electrons. The third-order valence-electron chi connectivity index (χ3n) is 5.01. The minimum atomic E-state index is -0.274. The van der Waals surface area contributed by atoms with Crippen LogP contribution in [0.5, 0.6) is 0 Å². The lowest BCUT2D eigenvalue weighted by atomic mass is 9.89. The fourth-order valence-electron chi connectivity index (χ4n) is 3.27. The molecule has 0 aromatic heterocycles. The molecular weight excluding hydrogens is 348 g/mol. The number of allylic oxidation sites excluding steroid dienone is 2. The van der Waals surface area contributed by atoms with Crippen molar-refractivity contribution in [2.45, 2.75) is 65.2 Å². The fourth-order valence-corrected chi connectivity index (χ4v) is 3.27. The molecule has 0 saturated carbocycles. The Morgan fingerprint density at radius 1 is 0.852 bits per heavy atom. The molecule has 0 aliphatic heterocycles. The van der Waals surface area contributed by atoms with Crippen LogP contribution in [-0.2, 0) is 28.6 Å². The van der Waals surface area contributed by atoms with Gasteiger partial charge in [-0.1, -0.05) is 39.0 Å². The predicted octanol–water partition coefficient (Wildman–Crippen LogP) is 3.89. The van der Waals surface area contributed by atoms with Crippen LogP contribution in [0.15, 0.2) is 22.7 Å². The number of carbonyl (C=O) groups excluding carboxylic acids is 3. The summed E-state index contributed by atoms with van der Waals surface area (Å²) in [7, 11) is 4.16. The standard InChI is InChI=1S/C21H32O6/c1-14(21(24)27-5)12-10-8-6-7-9-11-13-16-15(2)17(22)19(25-3)20(26-4)18(16)23/h14H,6-13H2,1-5H3. The molecule has 1 unspecified atom stereocenters. The summed E-state index contributed by atoms with van der Waals surface area (Å²) in [5.41, 5.74) is 0.985. The smallest absolute Gasteiger partial charge is 0.308 e. The Balaban J connectivity index is 2.34. The summed E-state index contributed by atoms with van der Waals surface area (Å²) in [6.45, 7) is 3.56. The van der Waals surface area contributed by atoms with Crippen LogP contribution in [0.4, 0.5) is 0 Å². The van der Waals surface area contributed by atoms with Crippen molar-refractivity contribution >= 4 is 17.5 Å². The zero-order valence-electron chi connectivity index (χ0n) is 17.2. The van der Waals surface area contributed by atoms with Crippen molar-refractivity contribution in [2.75, 3.05) is 21.3 Å². The van der Waals surface area contributed by atoms with Crippen LogP contribution in [0, 0.1) is 5.92 Å². The Morgan fingerprint density at radius 3 is 1.93 bits per heavy atom. The van der Waals surface area contributed by atoms with E-state index in [0.717, 1.165) is 44.9 Å². The first-order chi connectivity index (χ1) is 12.9. The maximum Gasteiger partial charge on any atom is 0.308 e. The second-order valence-electron chi connectivity index (χ2n) is 6.91. The number of methoxy groups -OCH3 is 3. The molecule has 1 rings (SSSR count). The third-order valence-corrected chi connectivity index (χ3v) is 5.01. The largest absolute Gasteiger partial charge is 0.489 e. The van der Waals surface area contributed by atoms with Gasteiger partial charge < -0.3 is 14.2 Å². The highest BCUT2D eigenvalue weighted by atomic mass is 16.5. The molecule has 27 heavy (non-hydrogen) atoms. The first-order valence-electron chi connectivity index (χ1n) is 9.58. The molecule has 0 amide bonds. The molecule has 6 nitrogen and oxygen atoms in total. The topological polar surface area (TPSA) is 78.9 Å². The van der Waals surface area contributed by atoms with E-state index in [-0.39, 0.29) is 35.0 Å². The van der Waals surface area contributed by atoms with Gasteiger partial charge >= 0.3 is 5.97 Å². The Bertz CT molecular complexity index is 614. The van der Waals surface area contributed by atoms with E-state index in [0.29, 0.717) is 17.6 Å². The molecule has 0 N–H and O–H groups in total. The summed E-state index contributed by atoms with van der Waals surface area (Å²) < 4.78 is 14.8. The molecule has 1 aliphatic carbocycles. The van der Waals surface area contributed by atoms with Crippen LogP contribution < -0.4 is 0 Å². The Morgan fingerprint density at radius 2 is 1.37 bits per heavy atom. The van der Waals surface area contributed by atoms with Gasteiger partial charge in [0.2, 0.25) is 23.1 Å². The molecule has 0 aromatic carbocycles. The van der Waals surface area contributed by atoms with Crippen molar-refractivity contribution in [1.29, 1.82) is 0 Å². The number of carbonyl (C=O) groups is 3. The van der Waals surface area contributed by atoms with Crippen LogP contribution in [-0.4, -0.2) is 38.9 Å². The monoisotopic (exact) mass is 380 g/mol. The van der Waals surface area contributed by atoms with Crippen molar-refractivity contribution in [3.05, 3.63) is 22.7 Å². The van der Waals surface area contributed by atoms with Gasteiger partial charge in [-0.15, -0.1) is 0 Å². The number of esters is 1. The number of hydrogen-bond acceptors (Lipinski definition) is 6. The van der Waals surface area contributed by atoms with Gasteiger partial charge in [0.15, 0.2) is 0 Å². The summed E-state index contributed by atoms with van der Waals surface area (Å²) >= 11 is 0. The Kier molecular flexibility index (Phi) is 9.83. The zero-order valence-corrected chi connectivity index (χ0v) is 17.2. The van der Waals surface area contributed by atoms with Crippen LogP contribution in [0.25, 0.3) is 0 Å². The molecule has 0 heterocycles. The molecule has 0 radical (unpaired) electrons. The highest BCUT2D eigenvalue weighted by Gasteiger charge is 2.34. The van der Waals surface area contributed by atoms with E-state index in [1.807, 2.05) is 6.92 Å². The first-order valence-corrected chi connectivity index (χ1v) is 9.58. The summed E-state index contributed by atoms with van der Waals surface area (Å²) in [4.78, 5) is 36.2. The van der Waals surface area contributed by atoms with Crippen LogP contribution in [0.2, 0.25) is 0 Å². The number of ketones is 2. The van der Waals surface area contributed by atoms with E-state index < -0.39 is 0 Å². The van der Waals surface area contributed by atoms with Crippen LogP contribution in [0.3, 0.4) is 0 Å². The molecule has 0 fully saturated rings. The Labute approximate surface area is 161 Å². The lowest BCUT2D eigenvalue weighted by molar-refractivity contribution is -0.145. The molecule has 0 bridgehead atoms. The second-order valence-corrected chi connectivity index (χ2v) is 6.91. The van der Waals surface area contributed by atoms with Crippen LogP contribution in [0.1, 0.15) is 65.2 Å². The zero-order chi connectivity index (χ0) is 20.4. The molecule has 0 aromatic rings. The number of unbranched alkanes of at least 4 members (excludes halogenated alkanes) is 5. The average Bonchev–Trinajstić information content (AvgIpc) is 2.67. The van der Waals surface area contributed by atoms with Crippen molar-refractivity contribution in [3.63, 3.8) is 0 Å². The minimum Gasteiger partial charge on any atom is -0.489 e. The van der Waals surface area contributed by atoms with E-state index in [4.69, 9.17) is 14.2 Å². The first kappa shape index (κ1) is 22.9. The Hall–Kier alpha value is -2.11. The fraction of sp³-hybridized carbons (Fsp3) is 0.667. The molecule has 1 aliphatic rings. The number of hydrogen-bond donors (Lipinski definition) is 0. The molecule has 1 atom stereocenters. The van der Waals surface area contributed by atoms with E-state index >= 15 is 0 Å². The van der Waals surface area contributed by atoms with Gasteiger partial charge in [-0.25, -0.2) is 0 Å². The SMILES string of the molecule is COC(=O)C(C)CCCCCCCCC1=C(C)C(=O)C(OC)=C(OC)C1=O. The summed E-state index contributed by atoms with van der Waals surface area (Å²) in [6.07, 6.45) is 7.51. The normalized spacial score (nSPS) is 15.9. The van der Waals surface area contributed by atoms with Gasteiger partial charge in [0.25, 0.3) is 0 Å². The van der Waals surface area contributed by atoms with Gasteiger partial charge in [0.1, 0.15) is 0 Å². The maximum absolute atomic E-state index is 12.5. The van der Waals surface area contributed by atoms with Crippen molar-refractivity contribution in [2.24, 2.45) is 5.92 Å². The summed E-state index contributed by atoms with van der Waals surface area (Å²) in [6, 6.07) is 0. The third kappa shape index (κ3) is 6.22. The number of Topliss-reactive ketones (excluding diaryl/α,β-unsaturated/α-hetero) is 2. The maximum atomic E-state index is 12.5. The van der Waals surface area contributed by atoms with Gasteiger partial charge in [0.05, 0.1) is 27.2 Å². The number of rotatable bonds is 12. The van der Waals surface area contributed by atoms with Crippen molar-refractivity contribution in [3.8, 4) is 0 Å².